The summed E-state index contributed by atoms with van der Waals surface area (Å²) >= 11 is 0. The molecule has 0 aromatic heterocycles. The predicted octanol–water partition coefficient (Wildman–Crippen LogP) is 16.0. The van der Waals surface area contributed by atoms with Crippen LogP contribution < -0.4 is 0 Å². The maximum Gasteiger partial charge on any atom is 0.307 e. The molecular weight excluding hydrogens is 841 g/mol. The molecule has 8 nitrogen and oxygen atoms in total. The molecule has 1 aliphatic heterocycles. The van der Waals surface area contributed by atoms with Crippen LogP contribution in [0.15, 0.2) is 0 Å². The standard InChI is InChI=1S/C60H120N4O4/c1-7-11-15-19-23-25-29-33-37-43-57(41-35-31-27-21-17-13-9-3)67-59(65)45-51-61(5)47-39-49-63-53-55-64(56-54-63)50-40-48-62(6)52-46-60(66)68-58(42-36-32-28-22-18-14-10-4)44-38-34-30-26-24-20-16-12-8-2/h57-58H,7-56H2,1-6H3. The fraction of sp³-hybridized carbons (Fsp3) is 0.967. The highest BCUT2D eigenvalue weighted by molar-refractivity contribution is 5.70. The number of rotatable bonds is 52. The smallest absolute Gasteiger partial charge is 0.307 e. The van der Waals surface area contributed by atoms with Crippen LogP contribution >= 0.6 is 0 Å². The molecule has 2 unspecified atom stereocenters. The van der Waals surface area contributed by atoms with Gasteiger partial charge in [0.1, 0.15) is 12.2 Å². The summed E-state index contributed by atoms with van der Waals surface area (Å²) in [4.78, 5) is 36.0. The van der Waals surface area contributed by atoms with Gasteiger partial charge in [-0.3, -0.25) is 9.59 Å². The first-order valence-electron chi connectivity index (χ1n) is 30.5. The molecule has 404 valence electrons. The van der Waals surface area contributed by atoms with Crippen LogP contribution in [0.2, 0.25) is 0 Å². The van der Waals surface area contributed by atoms with E-state index in [-0.39, 0.29) is 24.1 Å². The predicted molar refractivity (Wildman–Crippen MR) is 295 cm³/mol. The van der Waals surface area contributed by atoms with Gasteiger partial charge >= 0.3 is 11.9 Å². The van der Waals surface area contributed by atoms with Crippen LogP contribution in [-0.4, -0.2) is 123 Å². The normalized spacial score (nSPS) is 14.6. The van der Waals surface area contributed by atoms with Gasteiger partial charge in [-0.2, -0.15) is 0 Å². The van der Waals surface area contributed by atoms with Crippen molar-refractivity contribution in [2.24, 2.45) is 0 Å². The number of carbonyl (C=O) groups excluding carboxylic acids is 2. The van der Waals surface area contributed by atoms with Gasteiger partial charge in [0.05, 0.1) is 12.8 Å². The Balaban J connectivity index is 2.28. The molecule has 2 atom stereocenters. The second-order valence-electron chi connectivity index (χ2n) is 21.8. The summed E-state index contributed by atoms with van der Waals surface area (Å²) in [5.74, 6) is 0.00526. The fourth-order valence-electron chi connectivity index (χ4n) is 10.2. The van der Waals surface area contributed by atoms with E-state index < -0.39 is 0 Å². The Morgan fingerprint density at radius 2 is 0.588 bits per heavy atom. The second-order valence-corrected chi connectivity index (χ2v) is 21.8. The first-order valence-corrected chi connectivity index (χ1v) is 30.5. The van der Waals surface area contributed by atoms with Crippen LogP contribution in [0, 0.1) is 0 Å². The SMILES string of the molecule is CCCCCCCCCCCC(CCCCCCCCC)OC(=O)CCN(C)CCCN1CCN(CCCN(C)CCC(=O)OC(CCCCCCCCC)CCCCCCCCCCC)CC1. The van der Waals surface area contributed by atoms with Gasteiger partial charge in [-0.15, -0.1) is 0 Å². The Morgan fingerprint density at radius 1 is 0.353 bits per heavy atom. The number of hydrogen-bond donors (Lipinski definition) is 0. The van der Waals surface area contributed by atoms with Crippen molar-refractivity contribution in [3.05, 3.63) is 0 Å². The van der Waals surface area contributed by atoms with Crippen molar-refractivity contribution >= 4 is 11.9 Å². The van der Waals surface area contributed by atoms with E-state index in [1.807, 2.05) is 0 Å². The molecule has 1 aliphatic rings. The van der Waals surface area contributed by atoms with E-state index in [9.17, 15) is 9.59 Å². The average molecular weight is 962 g/mol. The van der Waals surface area contributed by atoms with Gasteiger partial charge in [0.25, 0.3) is 0 Å². The Kier molecular flexibility index (Phi) is 47.0. The molecule has 0 amide bonds. The molecule has 1 saturated heterocycles. The van der Waals surface area contributed by atoms with E-state index in [1.54, 1.807) is 0 Å². The monoisotopic (exact) mass is 961 g/mol. The van der Waals surface area contributed by atoms with E-state index in [0.717, 1.165) is 104 Å². The average Bonchev–Trinajstić information content (AvgIpc) is 3.33. The molecule has 0 bridgehead atoms. The Hall–Kier alpha value is -1.22. The van der Waals surface area contributed by atoms with Crippen molar-refractivity contribution in [2.45, 2.75) is 297 Å². The Morgan fingerprint density at radius 3 is 0.838 bits per heavy atom. The Labute approximate surface area is 425 Å². The minimum atomic E-state index is 0.00263. The molecule has 1 fully saturated rings. The molecule has 0 radical (unpaired) electrons. The number of unbranched alkanes of at least 4 members (excludes halogenated alkanes) is 28. The summed E-state index contributed by atoms with van der Waals surface area (Å²) in [7, 11) is 4.33. The van der Waals surface area contributed by atoms with Crippen molar-refractivity contribution in [2.75, 3.05) is 79.5 Å². The molecule has 0 aromatic carbocycles. The lowest BCUT2D eigenvalue weighted by atomic mass is 10.0. The van der Waals surface area contributed by atoms with Crippen molar-refractivity contribution < 1.29 is 19.1 Å². The van der Waals surface area contributed by atoms with Gasteiger partial charge in [-0.05, 0) is 104 Å². The van der Waals surface area contributed by atoms with E-state index in [2.05, 4.69) is 61.4 Å². The molecule has 0 spiro atoms. The quantitative estimate of drug-likeness (QED) is 0.0441. The summed E-state index contributed by atoms with van der Waals surface area (Å²) in [6.07, 6.45) is 49.9. The van der Waals surface area contributed by atoms with Gasteiger partial charge in [0, 0.05) is 39.3 Å². The van der Waals surface area contributed by atoms with Gasteiger partial charge < -0.3 is 29.1 Å². The number of ether oxygens (including phenoxy) is 2. The van der Waals surface area contributed by atoms with E-state index >= 15 is 0 Å². The van der Waals surface area contributed by atoms with E-state index in [4.69, 9.17) is 9.47 Å². The Bertz CT molecular complexity index is 988. The zero-order chi connectivity index (χ0) is 49.4. The summed E-state index contributed by atoms with van der Waals surface area (Å²) in [5, 5.41) is 0. The number of nitrogens with zero attached hydrogens (tertiary/aromatic N) is 4. The number of hydrogen-bond acceptors (Lipinski definition) is 8. The minimum absolute atomic E-state index is 0.00263. The van der Waals surface area contributed by atoms with E-state index in [0.29, 0.717) is 12.8 Å². The zero-order valence-electron chi connectivity index (χ0n) is 46.9. The third-order valence-corrected chi connectivity index (χ3v) is 15.0. The van der Waals surface area contributed by atoms with Crippen molar-refractivity contribution in [1.82, 2.24) is 19.6 Å². The molecule has 8 heteroatoms. The lowest BCUT2D eigenvalue weighted by molar-refractivity contribution is -0.151. The van der Waals surface area contributed by atoms with Crippen molar-refractivity contribution in [3.8, 4) is 0 Å². The molecule has 0 N–H and O–H groups in total. The summed E-state index contributed by atoms with van der Waals surface area (Å²) in [6, 6.07) is 0. The van der Waals surface area contributed by atoms with Gasteiger partial charge in [0.2, 0.25) is 0 Å². The highest BCUT2D eigenvalue weighted by Crippen LogP contribution is 2.20. The van der Waals surface area contributed by atoms with Crippen LogP contribution in [0.25, 0.3) is 0 Å². The summed E-state index contributed by atoms with van der Waals surface area (Å²) in [6.45, 7) is 19.5. The zero-order valence-corrected chi connectivity index (χ0v) is 46.9. The van der Waals surface area contributed by atoms with Crippen LogP contribution in [0.1, 0.15) is 285 Å². The number of piperazine rings is 1. The fourth-order valence-corrected chi connectivity index (χ4v) is 10.2. The van der Waals surface area contributed by atoms with Gasteiger partial charge in [-0.25, -0.2) is 0 Å². The molecule has 0 saturated carbocycles. The van der Waals surface area contributed by atoms with Crippen LogP contribution in [0.4, 0.5) is 0 Å². The molecule has 1 heterocycles. The third kappa shape index (κ3) is 42.5. The largest absolute Gasteiger partial charge is 0.462 e. The summed E-state index contributed by atoms with van der Waals surface area (Å²) in [5.41, 5.74) is 0. The van der Waals surface area contributed by atoms with Crippen LogP contribution in [-0.2, 0) is 19.1 Å². The molecule has 1 rings (SSSR count). The lowest BCUT2D eigenvalue weighted by Gasteiger charge is -2.35. The third-order valence-electron chi connectivity index (χ3n) is 15.0. The first kappa shape index (κ1) is 64.8. The molecule has 0 aliphatic carbocycles. The highest BCUT2D eigenvalue weighted by Gasteiger charge is 2.19. The second kappa shape index (κ2) is 49.4. The lowest BCUT2D eigenvalue weighted by Crippen LogP contribution is -2.47. The first-order chi connectivity index (χ1) is 33.3. The van der Waals surface area contributed by atoms with Crippen molar-refractivity contribution in [1.29, 1.82) is 0 Å². The van der Waals surface area contributed by atoms with Crippen molar-refractivity contribution in [3.63, 3.8) is 0 Å². The highest BCUT2D eigenvalue weighted by atomic mass is 16.5. The minimum Gasteiger partial charge on any atom is -0.462 e. The van der Waals surface area contributed by atoms with Crippen LogP contribution in [0.3, 0.4) is 0 Å². The summed E-state index contributed by atoms with van der Waals surface area (Å²) < 4.78 is 12.3. The molecule has 68 heavy (non-hydrogen) atoms. The van der Waals surface area contributed by atoms with Crippen LogP contribution in [0.5, 0.6) is 0 Å². The molecule has 0 aromatic rings. The van der Waals surface area contributed by atoms with Gasteiger partial charge in [-0.1, -0.05) is 207 Å². The molecular formula is C60H120N4O4. The van der Waals surface area contributed by atoms with E-state index in [1.165, 1.54) is 205 Å². The maximum atomic E-state index is 13.0. The van der Waals surface area contributed by atoms with Gasteiger partial charge in [0.15, 0.2) is 0 Å². The topological polar surface area (TPSA) is 65.6 Å². The number of esters is 2. The maximum absolute atomic E-state index is 13.0. The number of carbonyl (C=O) groups is 2.